The summed E-state index contributed by atoms with van der Waals surface area (Å²) in [6.45, 7) is 3.02. The molecule has 0 aromatic rings. The van der Waals surface area contributed by atoms with Crippen molar-refractivity contribution in [3.8, 4) is 0 Å². The number of ether oxygens (including phenoxy) is 2. The Morgan fingerprint density at radius 2 is 2.20 bits per heavy atom. The Bertz CT molecular complexity index is 116. The van der Waals surface area contributed by atoms with E-state index in [0.29, 0.717) is 18.3 Å². The van der Waals surface area contributed by atoms with Gasteiger partial charge in [-0.2, -0.15) is 0 Å². The van der Waals surface area contributed by atoms with E-state index in [0.717, 1.165) is 6.61 Å². The molecule has 0 amide bonds. The second kappa shape index (κ2) is 2.51. The Labute approximate surface area is 61.5 Å². The van der Waals surface area contributed by atoms with Crippen LogP contribution >= 0.6 is 0 Å². The first-order valence-corrected chi connectivity index (χ1v) is 4.13. The molecule has 0 radical (unpaired) electrons. The SMILES string of the molecule is C[C@@H](OC1CCC1)[C@@H]1CO1. The molecule has 0 aromatic heterocycles. The van der Waals surface area contributed by atoms with Crippen LogP contribution in [-0.4, -0.2) is 24.9 Å². The predicted octanol–water partition coefficient (Wildman–Crippen LogP) is 1.34. The lowest BCUT2D eigenvalue weighted by Crippen LogP contribution is -2.28. The number of hydrogen-bond acceptors (Lipinski definition) is 2. The van der Waals surface area contributed by atoms with Crippen LogP contribution in [0.3, 0.4) is 0 Å². The Morgan fingerprint density at radius 1 is 1.50 bits per heavy atom. The van der Waals surface area contributed by atoms with E-state index >= 15 is 0 Å². The topological polar surface area (TPSA) is 21.8 Å². The van der Waals surface area contributed by atoms with Crippen molar-refractivity contribution in [2.75, 3.05) is 6.61 Å². The van der Waals surface area contributed by atoms with Gasteiger partial charge in [-0.3, -0.25) is 0 Å². The third-order valence-corrected chi connectivity index (χ3v) is 2.34. The zero-order valence-corrected chi connectivity index (χ0v) is 6.38. The van der Waals surface area contributed by atoms with E-state index < -0.39 is 0 Å². The van der Waals surface area contributed by atoms with Crippen molar-refractivity contribution in [1.82, 2.24) is 0 Å². The van der Waals surface area contributed by atoms with Crippen molar-refractivity contribution >= 4 is 0 Å². The second-order valence-corrected chi connectivity index (χ2v) is 3.27. The van der Waals surface area contributed by atoms with Crippen LogP contribution in [0.5, 0.6) is 0 Å². The predicted molar refractivity (Wildman–Crippen MR) is 37.9 cm³/mol. The van der Waals surface area contributed by atoms with Gasteiger partial charge in [-0.15, -0.1) is 0 Å². The van der Waals surface area contributed by atoms with Crippen LogP contribution in [0.1, 0.15) is 26.2 Å². The van der Waals surface area contributed by atoms with Gasteiger partial charge in [-0.1, -0.05) is 0 Å². The molecule has 2 fully saturated rings. The molecule has 0 aromatic carbocycles. The minimum absolute atomic E-state index is 0.338. The molecule has 1 aliphatic heterocycles. The van der Waals surface area contributed by atoms with Crippen molar-refractivity contribution in [1.29, 1.82) is 0 Å². The molecule has 0 spiro atoms. The molecule has 10 heavy (non-hydrogen) atoms. The van der Waals surface area contributed by atoms with E-state index in [2.05, 4.69) is 6.92 Å². The molecule has 2 rings (SSSR count). The monoisotopic (exact) mass is 142 g/mol. The van der Waals surface area contributed by atoms with Crippen LogP contribution in [0, 0.1) is 0 Å². The molecule has 0 unspecified atom stereocenters. The van der Waals surface area contributed by atoms with Crippen LogP contribution in [0.4, 0.5) is 0 Å². The molecule has 1 aliphatic carbocycles. The van der Waals surface area contributed by atoms with Crippen molar-refractivity contribution in [2.45, 2.75) is 44.5 Å². The third kappa shape index (κ3) is 1.32. The summed E-state index contributed by atoms with van der Waals surface area (Å²) in [5.41, 5.74) is 0. The maximum atomic E-state index is 5.69. The standard InChI is InChI=1S/C8H14O2/c1-6(8-5-9-8)10-7-3-2-4-7/h6-8H,2-5H2,1H3/t6-,8+/m1/s1. The lowest BCUT2D eigenvalue weighted by molar-refractivity contribution is -0.0527. The van der Waals surface area contributed by atoms with Gasteiger partial charge in [0.1, 0.15) is 6.10 Å². The summed E-state index contributed by atoms with van der Waals surface area (Å²) in [4.78, 5) is 0. The minimum atomic E-state index is 0.338. The number of rotatable bonds is 3. The van der Waals surface area contributed by atoms with Crippen LogP contribution in [-0.2, 0) is 9.47 Å². The molecular formula is C8H14O2. The molecule has 1 heterocycles. The largest absolute Gasteiger partial charge is 0.372 e. The van der Waals surface area contributed by atoms with Gasteiger partial charge in [-0.05, 0) is 26.2 Å². The molecule has 2 atom stereocenters. The van der Waals surface area contributed by atoms with Gasteiger partial charge in [0, 0.05) is 0 Å². The average Bonchev–Trinajstić information content (AvgIpc) is 2.58. The highest BCUT2D eigenvalue weighted by molar-refractivity contribution is 4.79. The fourth-order valence-electron chi connectivity index (χ4n) is 1.22. The van der Waals surface area contributed by atoms with Crippen molar-refractivity contribution < 1.29 is 9.47 Å². The Balaban J connectivity index is 1.67. The lowest BCUT2D eigenvalue weighted by atomic mass is 9.96. The van der Waals surface area contributed by atoms with E-state index in [1.165, 1.54) is 19.3 Å². The van der Waals surface area contributed by atoms with E-state index in [9.17, 15) is 0 Å². The maximum absolute atomic E-state index is 5.69. The van der Waals surface area contributed by atoms with Crippen LogP contribution < -0.4 is 0 Å². The van der Waals surface area contributed by atoms with E-state index in [4.69, 9.17) is 9.47 Å². The first-order chi connectivity index (χ1) is 4.86. The Hall–Kier alpha value is -0.0800. The van der Waals surface area contributed by atoms with Gasteiger partial charge in [0.2, 0.25) is 0 Å². The fraction of sp³-hybridized carbons (Fsp3) is 1.00. The summed E-state index contributed by atoms with van der Waals surface area (Å²) < 4.78 is 10.8. The molecule has 1 saturated heterocycles. The maximum Gasteiger partial charge on any atom is 0.107 e. The van der Waals surface area contributed by atoms with Crippen molar-refractivity contribution in [3.05, 3.63) is 0 Å². The summed E-state index contributed by atoms with van der Waals surface area (Å²) in [5.74, 6) is 0. The molecule has 2 nitrogen and oxygen atoms in total. The van der Waals surface area contributed by atoms with Gasteiger partial charge in [-0.25, -0.2) is 0 Å². The van der Waals surface area contributed by atoms with Crippen molar-refractivity contribution in [2.24, 2.45) is 0 Å². The zero-order valence-electron chi connectivity index (χ0n) is 6.38. The molecule has 58 valence electrons. The van der Waals surface area contributed by atoms with Crippen LogP contribution in [0.25, 0.3) is 0 Å². The molecular weight excluding hydrogens is 128 g/mol. The molecule has 2 heteroatoms. The smallest absolute Gasteiger partial charge is 0.107 e. The Kier molecular flexibility index (Phi) is 1.66. The summed E-state index contributed by atoms with van der Waals surface area (Å²) in [5, 5.41) is 0. The second-order valence-electron chi connectivity index (χ2n) is 3.27. The lowest BCUT2D eigenvalue weighted by Gasteiger charge is -2.28. The van der Waals surface area contributed by atoms with E-state index in [1.54, 1.807) is 0 Å². The molecule has 2 aliphatic rings. The Morgan fingerprint density at radius 3 is 2.60 bits per heavy atom. The number of epoxide rings is 1. The summed E-state index contributed by atoms with van der Waals surface area (Å²) in [6, 6.07) is 0. The van der Waals surface area contributed by atoms with E-state index in [1.807, 2.05) is 0 Å². The first-order valence-electron chi connectivity index (χ1n) is 4.13. The molecule has 0 N–H and O–H groups in total. The third-order valence-electron chi connectivity index (χ3n) is 2.34. The van der Waals surface area contributed by atoms with Gasteiger partial charge in [0.05, 0.1) is 18.8 Å². The van der Waals surface area contributed by atoms with Gasteiger partial charge >= 0.3 is 0 Å². The zero-order chi connectivity index (χ0) is 6.97. The average molecular weight is 142 g/mol. The normalized spacial score (nSPS) is 35.1. The fourth-order valence-corrected chi connectivity index (χ4v) is 1.22. The summed E-state index contributed by atoms with van der Waals surface area (Å²) in [7, 11) is 0. The first kappa shape index (κ1) is 6.62. The highest BCUT2D eigenvalue weighted by Gasteiger charge is 2.33. The minimum Gasteiger partial charge on any atom is -0.372 e. The molecule has 0 bridgehead atoms. The van der Waals surface area contributed by atoms with Gasteiger partial charge in [0.15, 0.2) is 0 Å². The van der Waals surface area contributed by atoms with Gasteiger partial charge in [0.25, 0.3) is 0 Å². The van der Waals surface area contributed by atoms with Gasteiger partial charge < -0.3 is 9.47 Å². The molecule has 1 saturated carbocycles. The van der Waals surface area contributed by atoms with E-state index in [-0.39, 0.29) is 0 Å². The quantitative estimate of drug-likeness (QED) is 0.555. The number of hydrogen-bond donors (Lipinski definition) is 0. The summed E-state index contributed by atoms with van der Waals surface area (Å²) >= 11 is 0. The van der Waals surface area contributed by atoms with Crippen LogP contribution in [0.15, 0.2) is 0 Å². The van der Waals surface area contributed by atoms with Crippen LogP contribution in [0.2, 0.25) is 0 Å². The highest BCUT2D eigenvalue weighted by atomic mass is 16.6. The highest BCUT2D eigenvalue weighted by Crippen LogP contribution is 2.26. The summed E-state index contributed by atoms with van der Waals surface area (Å²) in [6.07, 6.45) is 5.18. The van der Waals surface area contributed by atoms with Crippen molar-refractivity contribution in [3.63, 3.8) is 0 Å².